The fourth-order valence-electron chi connectivity index (χ4n) is 3.05. The number of halogens is 1. The lowest BCUT2D eigenvalue weighted by molar-refractivity contribution is 0.324. The summed E-state index contributed by atoms with van der Waals surface area (Å²) in [5.74, 6) is 2.67. The van der Waals surface area contributed by atoms with Gasteiger partial charge in [0.2, 0.25) is 11.7 Å². The predicted octanol–water partition coefficient (Wildman–Crippen LogP) is 4.81. The van der Waals surface area contributed by atoms with E-state index >= 15 is 0 Å². The average Bonchev–Trinajstić information content (AvgIpc) is 2.76. The molecule has 1 aromatic heterocycles. The van der Waals surface area contributed by atoms with Crippen molar-refractivity contribution in [3.63, 3.8) is 0 Å². The number of anilines is 4. The van der Waals surface area contributed by atoms with Crippen LogP contribution in [0.2, 0.25) is 0 Å². The Morgan fingerprint density at radius 3 is 2.26 bits per heavy atom. The number of nitrogens with zero attached hydrogens (tertiary/aromatic N) is 3. The maximum atomic E-state index is 5.41. The molecule has 0 aliphatic carbocycles. The molecule has 0 atom stereocenters. The monoisotopic (exact) mass is 487 g/mol. The van der Waals surface area contributed by atoms with E-state index in [4.69, 9.17) is 14.2 Å². The van der Waals surface area contributed by atoms with Crippen LogP contribution in [0.1, 0.15) is 5.56 Å². The number of hydrogen-bond acceptors (Lipinski definition) is 8. The second-order valence-corrected chi connectivity index (χ2v) is 7.80. The van der Waals surface area contributed by atoms with Gasteiger partial charge in [0.05, 0.1) is 25.8 Å². The maximum Gasteiger partial charge on any atom is 0.229 e. The zero-order chi connectivity index (χ0) is 22.4. The van der Waals surface area contributed by atoms with Crippen LogP contribution in [0.4, 0.5) is 23.1 Å². The topological polar surface area (TPSA) is 80.8 Å². The Morgan fingerprint density at radius 2 is 1.65 bits per heavy atom. The molecule has 9 heteroatoms. The summed E-state index contributed by atoms with van der Waals surface area (Å²) in [7, 11) is 8.79. The predicted molar refractivity (Wildman–Crippen MR) is 126 cm³/mol. The van der Waals surface area contributed by atoms with Gasteiger partial charge in [0.25, 0.3) is 0 Å². The van der Waals surface area contributed by atoms with Gasteiger partial charge in [0, 0.05) is 36.2 Å². The van der Waals surface area contributed by atoms with Gasteiger partial charge >= 0.3 is 0 Å². The van der Waals surface area contributed by atoms with Crippen molar-refractivity contribution in [2.45, 2.75) is 6.54 Å². The Labute approximate surface area is 190 Å². The van der Waals surface area contributed by atoms with Gasteiger partial charge in [-0.3, -0.25) is 0 Å². The molecule has 1 heterocycles. The number of rotatable bonds is 9. The summed E-state index contributed by atoms with van der Waals surface area (Å²) < 4.78 is 17.0. The molecular formula is C22H26BrN5O3. The van der Waals surface area contributed by atoms with Crippen molar-refractivity contribution in [3.05, 3.63) is 52.6 Å². The third-order valence-corrected chi connectivity index (χ3v) is 5.00. The van der Waals surface area contributed by atoms with Gasteiger partial charge in [-0.2, -0.15) is 4.98 Å². The second-order valence-electron chi connectivity index (χ2n) is 6.95. The molecule has 3 aromatic rings. The highest BCUT2D eigenvalue weighted by atomic mass is 79.9. The Kier molecular flexibility index (Phi) is 7.54. The molecule has 0 bridgehead atoms. The minimum Gasteiger partial charge on any atom is -0.493 e. The highest BCUT2D eigenvalue weighted by Gasteiger charge is 2.15. The molecule has 8 nitrogen and oxygen atoms in total. The molecule has 0 radical (unpaired) electrons. The molecule has 0 aliphatic rings. The molecular weight excluding hydrogens is 462 g/mol. The van der Waals surface area contributed by atoms with Gasteiger partial charge in [0.1, 0.15) is 5.82 Å². The Bertz CT molecular complexity index is 1020. The molecule has 0 fully saturated rings. The van der Waals surface area contributed by atoms with Gasteiger partial charge in [-0.05, 0) is 41.7 Å². The highest BCUT2D eigenvalue weighted by Crippen LogP contribution is 2.40. The molecule has 0 saturated heterocycles. The van der Waals surface area contributed by atoms with Crippen LogP contribution in [-0.2, 0) is 6.54 Å². The summed E-state index contributed by atoms with van der Waals surface area (Å²) in [5.41, 5.74) is 2.85. The maximum absolute atomic E-state index is 5.41. The van der Waals surface area contributed by atoms with E-state index < -0.39 is 0 Å². The average molecular weight is 488 g/mol. The Balaban J connectivity index is 1.89. The van der Waals surface area contributed by atoms with Gasteiger partial charge in [0.15, 0.2) is 11.5 Å². The van der Waals surface area contributed by atoms with E-state index in [1.54, 1.807) is 39.7 Å². The fraction of sp³-hybridized carbons (Fsp3) is 0.273. The quantitative estimate of drug-likeness (QED) is 0.444. The largest absolute Gasteiger partial charge is 0.493 e. The Morgan fingerprint density at radius 1 is 0.968 bits per heavy atom. The zero-order valence-electron chi connectivity index (χ0n) is 18.2. The molecule has 31 heavy (non-hydrogen) atoms. The van der Waals surface area contributed by atoms with Crippen LogP contribution in [0.3, 0.4) is 0 Å². The zero-order valence-corrected chi connectivity index (χ0v) is 19.8. The van der Waals surface area contributed by atoms with Crippen LogP contribution in [0.5, 0.6) is 17.2 Å². The lowest BCUT2D eigenvalue weighted by Crippen LogP contribution is -2.12. The summed E-state index contributed by atoms with van der Waals surface area (Å²) in [6, 6.07) is 11.7. The summed E-state index contributed by atoms with van der Waals surface area (Å²) in [6.07, 6.45) is 1.70. The lowest BCUT2D eigenvalue weighted by Gasteiger charge is -2.17. The number of nitrogens with one attached hydrogen (secondary N) is 2. The van der Waals surface area contributed by atoms with E-state index in [-0.39, 0.29) is 0 Å². The number of methoxy groups -OCH3 is 3. The second kappa shape index (κ2) is 10.3. The van der Waals surface area contributed by atoms with Crippen LogP contribution in [0, 0.1) is 0 Å². The van der Waals surface area contributed by atoms with Crippen LogP contribution >= 0.6 is 15.9 Å². The van der Waals surface area contributed by atoms with Gasteiger partial charge in [-0.1, -0.05) is 18.2 Å². The number of aromatic nitrogens is 2. The first-order chi connectivity index (χ1) is 14.9. The summed E-state index contributed by atoms with van der Waals surface area (Å²) >= 11 is 3.53. The van der Waals surface area contributed by atoms with E-state index in [2.05, 4.69) is 47.5 Å². The van der Waals surface area contributed by atoms with E-state index in [0.717, 1.165) is 22.3 Å². The summed E-state index contributed by atoms with van der Waals surface area (Å²) in [6.45, 7) is 0.808. The van der Waals surface area contributed by atoms with Crippen LogP contribution in [0.25, 0.3) is 0 Å². The van der Waals surface area contributed by atoms with Gasteiger partial charge < -0.3 is 29.7 Å². The smallest absolute Gasteiger partial charge is 0.229 e. The third kappa shape index (κ3) is 5.56. The van der Waals surface area contributed by atoms with E-state index in [1.165, 1.54) is 0 Å². The minimum absolute atomic E-state index is 0.421. The number of hydrogen-bond donors (Lipinski definition) is 2. The van der Waals surface area contributed by atoms with Crippen molar-refractivity contribution in [2.24, 2.45) is 0 Å². The molecule has 164 valence electrons. The van der Waals surface area contributed by atoms with Crippen LogP contribution < -0.4 is 24.8 Å². The molecule has 0 unspecified atom stereocenters. The first-order valence-corrected chi connectivity index (χ1v) is 10.3. The summed E-state index contributed by atoms with van der Waals surface area (Å²) in [4.78, 5) is 11.1. The van der Waals surface area contributed by atoms with Crippen molar-refractivity contribution in [2.75, 3.05) is 46.1 Å². The lowest BCUT2D eigenvalue weighted by atomic mass is 10.1. The van der Waals surface area contributed by atoms with E-state index in [0.29, 0.717) is 34.7 Å². The molecule has 0 spiro atoms. The first kappa shape index (κ1) is 22.6. The number of benzene rings is 2. The Hall–Kier alpha value is -3.04. The molecule has 2 aromatic carbocycles. The normalized spacial score (nSPS) is 10.7. The molecule has 3 rings (SSSR count). The van der Waals surface area contributed by atoms with Crippen molar-refractivity contribution in [1.29, 1.82) is 0 Å². The van der Waals surface area contributed by atoms with Crippen molar-refractivity contribution < 1.29 is 14.2 Å². The molecule has 0 saturated carbocycles. The van der Waals surface area contributed by atoms with Crippen molar-refractivity contribution >= 4 is 39.1 Å². The first-order valence-electron chi connectivity index (χ1n) is 9.54. The van der Waals surface area contributed by atoms with Crippen LogP contribution in [0.15, 0.2) is 47.1 Å². The van der Waals surface area contributed by atoms with E-state index in [9.17, 15) is 0 Å². The van der Waals surface area contributed by atoms with Gasteiger partial charge in [-0.25, -0.2) is 4.98 Å². The molecule has 0 aliphatic heterocycles. The molecule has 2 N–H and O–H groups in total. The van der Waals surface area contributed by atoms with Crippen LogP contribution in [-0.4, -0.2) is 50.3 Å². The number of ether oxygens (including phenoxy) is 3. The van der Waals surface area contributed by atoms with E-state index in [1.807, 2.05) is 32.3 Å². The van der Waals surface area contributed by atoms with Crippen molar-refractivity contribution in [3.8, 4) is 17.2 Å². The van der Waals surface area contributed by atoms with Crippen molar-refractivity contribution in [1.82, 2.24) is 14.9 Å². The third-order valence-electron chi connectivity index (χ3n) is 4.42. The van der Waals surface area contributed by atoms with Gasteiger partial charge in [-0.15, -0.1) is 0 Å². The number of para-hydroxylation sites is 1. The minimum atomic E-state index is 0.421. The SMILES string of the molecule is COc1cc(Nc2ncc(Br)c(Nc3ccccc3CN(C)C)n2)cc(OC)c1OC. The standard InChI is InChI=1S/C22H26BrN5O3/c1-28(2)13-14-8-6-7-9-17(14)26-21-16(23)12-24-22(27-21)25-15-10-18(29-3)20(31-5)19(11-15)30-4/h6-12H,13H2,1-5H3,(H2,24,25,26,27). The highest BCUT2D eigenvalue weighted by molar-refractivity contribution is 9.10. The molecule has 0 amide bonds. The summed E-state index contributed by atoms with van der Waals surface area (Å²) in [5, 5.41) is 6.60. The fourth-order valence-corrected chi connectivity index (χ4v) is 3.34.